The van der Waals surface area contributed by atoms with Crippen LogP contribution in [0.3, 0.4) is 0 Å². The van der Waals surface area contributed by atoms with Crippen LogP contribution in [0.4, 0.5) is 0 Å². The summed E-state index contributed by atoms with van der Waals surface area (Å²) in [6.07, 6.45) is 0. The number of fused-ring (bicyclic) bond motifs is 2. The molecule has 1 heteroatoms. The Balaban J connectivity index is 1.58. The van der Waals surface area contributed by atoms with Crippen LogP contribution in [0.2, 0.25) is 5.02 Å². The molecule has 0 saturated carbocycles. The Labute approximate surface area is 235 Å². The summed E-state index contributed by atoms with van der Waals surface area (Å²) in [7, 11) is 0. The molecule has 0 aliphatic heterocycles. The van der Waals surface area contributed by atoms with Crippen molar-refractivity contribution >= 4 is 11.6 Å². The van der Waals surface area contributed by atoms with Crippen molar-refractivity contribution in [1.82, 2.24) is 0 Å². The molecule has 0 N–H and O–H groups in total. The number of hydrogen-bond donors (Lipinski definition) is 0. The van der Waals surface area contributed by atoms with Crippen LogP contribution < -0.4 is 0 Å². The Morgan fingerprint density at radius 3 is 1.38 bits per heavy atom. The van der Waals surface area contributed by atoms with Crippen molar-refractivity contribution in [3.63, 3.8) is 0 Å². The van der Waals surface area contributed by atoms with E-state index in [1.54, 1.807) is 0 Å². The van der Waals surface area contributed by atoms with Gasteiger partial charge in [-0.1, -0.05) is 157 Å². The SMILES string of the molecule is Clc1ccc(-c2ccccc2C2c3ccccc3C(c3ccccc3)(c3ccccc3)c3ccccc32)cc1. The third-order valence-corrected chi connectivity index (χ3v) is 8.44. The lowest BCUT2D eigenvalue weighted by Crippen LogP contribution is -2.37. The summed E-state index contributed by atoms with van der Waals surface area (Å²) in [5.41, 5.74) is 11.2. The maximum Gasteiger partial charge on any atom is 0.0707 e. The van der Waals surface area contributed by atoms with Gasteiger partial charge in [0, 0.05) is 10.9 Å². The third kappa shape index (κ3) is 3.75. The molecule has 0 amide bonds. The maximum atomic E-state index is 6.27. The first-order valence-corrected chi connectivity index (χ1v) is 13.8. The highest BCUT2D eigenvalue weighted by molar-refractivity contribution is 6.30. The molecule has 6 aromatic carbocycles. The summed E-state index contributed by atoms with van der Waals surface area (Å²) < 4.78 is 0. The van der Waals surface area contributed by atoms with Crippen LogP contribution in [0, 0.1) is 0 Å². The van der Waals surface area contributed by atoms with Crippen molar-refractivity contribution in [2.75, 3.05) is 0 Å². The molecule has 1 aliphatic carbocycles. The summed E-state index contributed by atoms with van der Waals surface area (Å²) in [6, 6.07) is 57.1. The van der Waals surface area contributed by atoms with E-state index in [4.69, 9.17) is 11.6 Å². The first kappa shape index (κ1) is 23.7. The normalized spacial score (nSPS) is 13.9. The molecule has 6 aromatic rings. The van der Waals surface area contributed by atoms with E-state index in [0.29, 0.717) is 0 Å². The van der Waals surface area contributed by atoms with Crippen molar-refractivity contribution in [3.05, 3.63) is 202 Å². The number of halogens is 1. The van der Waals surface area contributed by atoms with Crippen molar-refractivity contribution in [2.45, 2.75) is 11.3 Å². The van der Waals surface area contributed by atoms with E-state index in [0.717, 1.165) is 5.02 Å². The van der Waals surface area contributed by atoms with Gasteiger partial charge in [-0.2, -0.15) is 0 Å². The van der Waals surface area contributed by atoms with Crippen LogP contribution in [0.25, 0.3) is 11.1 Å². The van der Waals surface area contributed by atoms with Gasteiger partial charge in [-0.15, -0.1) is 0 Å². The molecule has 0 saturated heterocycles. The van der Waals surface area contributed by atoms with Crippen molar-refractivity contribution in [1.29, 1.82) is 0 Å². The molecule has 1 aliphatic rings. The standard InChI is InChI=1S/C38H27Cl/c39-30-25-23-27(24-26-30)31-17-7-8-18-32(31)37-33-19-9-11-21-35(33)38(28-13-3-1-4-14-28,29-15-5-2-6-16-29)36-22-12-10-20-34(36)37/h1-26,37H. The fourth-order valence-electron chi connectivity index (χ4n) is 6.63. The van der Waals surface area contributed by atoms with Gasteiger partial charge in [-0.25, -0.2) is 0 Å². The van der Waals surface area contributed by atoms with Crippen molar-refractivity contribution in [3.8, 4) is 11.1 Å². The highest BCUT2D eigenvalue weighted by Gasteiger charge is 2.46. The van der Waals surface area contributed by atoms with Crippen molar-refractivity contribution < 1.29 is 0 Å². The predicted molar refractivity (Wildman–Crippen MR) is 163 cm³/mol. The van der Waals surface area contributed by atoms with E-state index in [1.807, 2.05) is 12.1 Å². The van der Waals surface area contributed by atoms with Gasteiger partial charge in [0.15, 0.2) is 0 Å². The highest BCUT2D eigenvalue weighted by Crippen LogP contribution is 2.56. The van der Waals surface area contributed by atoms with Gasteiger partial charge >= 0.3 is 0 Å². The zero-order chi connectivity index (χ0) is 26.2. The summed E-state index contributed by atoms with van der Waals surface area (Å²) in [5.74, 6) is 0.0878. The molecule has 0 aromatic heterocycles. The van der Waals surface area contributed by atoms with Gasteiger partial charge < -0.3 is 0 Å². The molecule has 0 unspecified atom stereocenters. The molecule has 0 bridgehead atoms. The van der Waals surface area contributed by atoms with Crippen LogP contribution in [-0.4, -0.2) is 0 Å². The number of rotatable bonds is 4. The Hall–Kier alpha value is -4.39. The van der Waals surface area contributed by atoms with Gasteiger partial charge in [0.2, 0.25) is 0 Å². The van der Waals surface area contributed by atoms with E-state index in [-0.39, 0.29) is 5.92 Å². The van der Waals surface area contributed by atoms with Crippen LogP contribution in [0.5, 0.6) is 0 Å². The quantitative estimate of drug-likeness (QED) is 0.217. The molecule has 0 nitrogen and oxygen atoms in total. The lowest BCUT2D eigenvalue weighted by atomic mass is 9.56. The highest BCUT2D eigenvalue weighted by atomic mass is 35.5. The first-order valence-electron chi connectivity index (χ1n) is 13.4. The predicted octanol–water partition coefficient (Wildman–Crippen LogP) is 9.88. The molecule has 0 spiro atoms. The molecule has 0 radical (unpaired) electrons. The fourth-order valence-corrected chi connectivity index (χ4v) is 6.76. The molecule has 186 valence electrons. The monoisotopic (exact) mass is 518 g/mol. The first-order chi connectivity index (χ1) is 19.3. The summed E-state index contributed by atoms with van der Waals surface area (Å²) in [4.78, 5) is 0. The van der Waals surface area contributed by atoms with E-state index in [9.17, 15) is 0 Å². The maximum absolute atomic E-state index is 6.27. The number of hydrogen-bond acceptors (Lipinski definition) is 0. The molecular formula is C38H27Cl. The van der Waals surface area contributed by atoms with Crippen LogP contribution >= 0.6 is 11.6 Å². The van der Waals surface area contributed by atoms with Crippen molar-refractivity contribution in [2.24, 2.45) is 0 Å². The Kier molecular flexibility index (Phi) is 5.91. The second kappa shape index (κ2) is 9.73. The fraction of sp³-hybridized carbons (Fsp3) is 0.0526. The molecule has 7 rings (SSSR count). The Morgan fingerprint density at radius 1 is 0.410 bits per heavy atom. The average Bonchev–Trinajstić information content (AvgIpc) is 3.01. The minimum absolute atomic E-state index is 0.0878. The molecule has 0 heterocycles. The van der Waals surface area contributed by atoms with Crippen LogP contribution in [-0.2, 0) is 5.41 Å². The molecular weight excluding hydrogens is 492 g/mol. The Morgan fingerprint density at radius 2 is 0.846 bits per heavy atom. The topological polar surface area (TPSA) is 0 Å². The van der Waals surface area contributed by atoms with E-state index in [2.05, 4.69) is 146 Å². The minimum Gasteiger partial charge on any atom is -0.0843 e. The van der Waals surface area contributed by atoms with E-state index < -0.39 is 5.41 Å². The van der Waals surface area contributed by atoms with Gasteiger partial charge in [-0.3, -0.25) is 0 Å². The Bertz CT molecular complexity index is 1660. The van der Waals surface area contributed by atoms with E-state index in [1.165, 1.54) is 50.1 Å². The lowest BCUT2D eigenvalue weighted by Gasteiger charge is -2.45. The smallest absolute Gasteiger partial charge is 0.0707 e. The molecule has 39 heavy (non-hydrogen) atoms. The van der Waals surface area contributed by atoms with Gasteiger partial charge in [-0.05, 0) is 62.2 Å². The second-order valence-electron chi connectivity index (χ2n) is 10.2. The van der Waals surface area contributed by atoms with Crippen LogP contribution in [0.15, 0.2) is 158 Å². The van der Waals surface area contributed by atoms with Gasteiger partial charge in [0.25, 0.3) is 0 Å². The third-order valence-electron chi connectivity index (χ3n) is 8.19. The summed E-state index contributed by atoms with van der Waals surface area (Å²) in [5, 5.41) is 0.750. The second-order valence-corrected chi connectivity index (χ2v) is 10.6. The summed E-state index contributed by atoms with van der Waals surface area (Å²) in [6.45, 7) is 0. The van der Waals surface area contributed by atoms with E-state index >= 15 is 0 Å². The largest absolute Gasteiger partial charge is 0.0843 e. The van der Waals surface area contributed by atoms with Gasteiger partial charge in [0.1, 0.15) is 0 Å². The minimum atomic E-state index is -0.429. The molecule has 0 fully saturated rings. The zero-order valence-corrected chi connectivity index (χ0v) is 22.2. The average molecular weight is 519 g/mol. The molecule has 0 atom stereocenters. The summed E-state index contributed by atoms with van der Waals surface area (Å²) >= 11 is 6.27. The van der Waals surface area contributed by atoms with Crippen LogP contribution in [0.1, 0.15) is 44.9 Å². The van der Waals surface area contributed by atoms with Gasteiger partial charge in [0.05, 0.1) is 5.41 Å². The number of benzene rings is 6. The zero-order valence-electron chi connectivity index (χ0n) is 21.5. The lowest BCUT2D eigenvalue weighted by molar-refractivity contribution is 0.681.